The fourth-order valence-electron chi connectivity index (χ4n) is 2.23. The zero-order valence-corrected chi connectivity index (χ0v) is 13.4. The van der Waals surface area contributed by atoms with Gasteiger partial charge in [-0.25, -0.2) is 0 Å². The van der Waals surface area contributed by atoms with E-state index >= 15 is 0 Å². The number of hydrogen-bond acceptors (Lipinski definition) is 4. The number of rotatable bonds is 3. The maximum atomic E-state index is 12.6. The molecule has 0 aliphatic heterocycles. The van der Waals surface area contributed by atoms with Gasteiger partial charge in [-0.15, -0.1) is 0 Å². The SMILES string of the molecule is [NH3+]O[S+]([O])(=O)c1ccc(-n2c(=S)[nH]c3ccccc3c2=O)cc1. The predicted molar refractivity (Wildman–Crippen MR) is 85.7 cm³/mol. The van der Waals surface area contributed by atoms with Crippen molar-refractivity contribution in [3.63, 3.8) is 0 Å². The molecule has 0 amide bonds. The lowest BCUT2D eigenvalue weighted by Crippen LogP contribution is -2.52. The lowest BCUT2D eigenvalue weighted by molar-refractivity contribution is -0.637. The van der Waals surface area contributed by atoms with Crippen molar-refractivity contribution in [2.45, 2.75) is 4.90 Å². The van der Waals surface area contributed by atoms with Gasteiger partial charge < -0.3 is 4.98 Å². The molecule has 1 radical (unpaired) electrons. The van der Waals surface area contributed by atoms with E-state index in [1.54, 1.807) is 24.3 Å². The van der Waals surface area contributed by atoms with E-state index in [4.69, 9.17) is 12.2 Å². The Kier molecular flexibility index (Phi) is 3.96. The molecule has 3 rings (SSSR count). The molecule has 0 bridgehead atoms. The highest BCUT2D eigenvalue weighted by molar-refractivity contribution is 7.92. The van der Waals surface area contributed by atoms with Crippen molar-refractivity contribution >= 4 is 33.6 Å². The average molecular weight is 350 g/mol. The first-order valence-corrected chi connectivity index (χ1v) is 8.29. The zero-order valence-electron chi connectivity index (χ0n) is 11.7. The summed E-state index contributed by atoms with van der Waals surface area (Å²) in [6.45, 7) is 0. The Hall–Kier alpha value is -2.17. The second kappa shape index (κ2) is 5.80. The zero-order chi connectivity index (χ0) is 16.6. The Morgan fingerprint density at radius 2 is 1.78 bits per heavy atom. The van der Waals surface area contributed by atoms with Crippen LogP contribution in [-0.4, -0.2) is 9.55 Å². The van der Waals surface area contributed by atoms with Gasteiger partial charge in [0, 0.05) is 12.1 Å². The number of nitrogens with zero attached hydrogens (tertiary/aromatic N) is 1. The van der Waals surface area contributed by atoms with Crippen LogP contribution in [-0.2, 0) is 23.5 Å². The van der Waals surface area contributed by atoms with Crippen LogP contribution < -0.4 is 11.5 Å². The molecule has 1 heterocycles. The molecular formula is C14H12N3O4S2+2. The monoisotopic (exact) mass is 350 g/mol. The molecule has 0 saturated carbocycles. The van der Waals surface area contributed by atoms with E-state index in [1.165, 1.54) is 28.8 Å². The average Bonchev–Trinajstić information content (AvgIpc) is 2.55. The summed E-state index contributed by atoms with van der Waals surface area (Å²) in [7, 11) is -3.88. The van der Waals surface area contributed by atoms with Crippen LogP contribution in [0.1, 0.15) is 0 Å². The van der Waals surface area contributed by atoms with Crippen LogP contribution in [0.25, 0.3) is 16.6 Å². The van der Waals surface area contributed by atoms with E-state index in [0.29, 0.717) is 16.6 Å². The van der Waals surface area contributed by atoms with Crippen molar-refractivity contribution in [3.8, 4) is 5.69 Å². The van der Waals surface area contributed by atoms with E-state index in [0.717, 1.165) is 0 Å². The lowest BCUT2D eigenvalue weighted by Gasteiger charge is -2.08. The van der Waals surface area contributed by atoms with Crippen molar-refractivity contribution in [3.05, 3.63) is 63.7 Å². The molecule has 7 nitrogen and oxygen atoms in total. The van der Waals surface area contributed by atoms with Crippen molar-refractivity contribution < 1.29 is 18.9 Å². The topological polar surface area (TPSA) is 112 Å². The number of quaternary nitrogens is 1. The third kappa shape index (κ3) is 2.76. The first-order chi connectivity index (χ1) is 10.9. The van der Waals surface area contributed by atoms with Crippen LogP contribution in [0.3, 0.4) is 0 Å². The molecule has 23 heavy (non-hydrogen) atoms. The lowest BCUT2D eigenvalue weighted by atomic mass is 10.2. The van der Waals surface area contributed by atoms with E-state index in [-0.39, 0.29) is 15.2 Å². The summed E-state index contributed by atoms with van der Waals surface area (Å²) in [4.78, 5) is 15.5. The van der Waals surface area contributed by atoms with Gasteiger partial charge in [0.05, 0.1) is 25.4 Å². The Labute approximate surface area is 136 Å². The molecule has 4 N–H and O–H groups in total. The van der Waals surface area contributed by atoms with Crippen LogP contribution >= 0.6 is 12.2 Å². The number of nitrogens with one attached hydrogen (secondary N) is 1. The van der Waals surface area contributed by atoms with Crippen LogP contribution in [0.2, 0.25) is 0 Å². The van der Waals surface area contributed by atoms with E-state index < -0.39 is 10.5 Å². The van der Waals surface area contributed by atoms with Crippen molar-refractivity contribution in [2.75, 3.05) is 0 Å². The molecule has 0 saturated heterocycles. The summed E-state index contributed by atoms with van der Waals surface area (Å²) in [5, 5.41) is 0.485. The molecule has 1 unspecified atom stereocenters. The normalized spacial score (nSPS) is 13.8. The highest BCUT2D eigenvalue weighted by Crippen LogP contribution is 2.19. The summed E-state index contributed by atoms with van der Waals surface area (Å²) in [5.41, 5.74) is 0.807. The second-order valence-corrected chi connectivity index (χ2v) is 6.68. The first-order valence-electron chi connectivity index (χ1n) is 6.47. The van der Waals surface area contributed by atoms with Gasteiger partial charge in [0.25, 0.3) is 5.56 Å². The molecule has 0 aliphatic carbocycles. The van der Waals surface area contributed by atoms with Gasteiger partial charge in [0.15, 0.2) is 4.77 Å². The number of aromatic amines is 1. The number of H-pyrrole nitrogens is 1. The molecule has 117 valence electrons. The number of benzene rings is 2. The number of aromatic nitrogens is 2. The molecule has 0 fully saturated rings. The number of para-hydroxylation sites is 1. The Morgan fingerprint density at radius 1 is 1.13 bits per heavy atom. The van der Waals surface area contributed by atoms with Gasteiger partial charge in [0.2, 0.25) is 4.90 Å². The molecule has 3 aromatic rings. The molecule has 9 heteroatoms. The summed E-state index contributed by atoms with van der Waals surface area (Å²) in [5.74, 6) is 2.91. The maximum Gasteiger partial charge on any atom is 0.482 e. The second-order valence-electron chi connectivity index (χ2n) is 4.68. The molecule has 1 aromatic heterocycles. The Balaban J connectivity index is 2.20. The van der Waals surface area contributed by atoms with Gasteiger partial charge in [-0.05, 0) is 40.7 Å². The smallest absolute Gasteiger partial charge is 0.331 e. The molecule has 0 spiro atoms. The minimum Gasteiger partial charge on any atom is -0.331 e. The van der Waals surface area contributed by atoms with Crippen LogP contribution in [0.5, 0.6) is 0 Å². The molecular weight excluding hydrogens is 338 g/mol. The summed E-state index contributed by atoms with van der Waals surface area (Å²) >= 11 is 5.23. The summed E-state index contributed by atoms with van der Waals surface area (Å²) in [6, 6.07) is 12.6. The van der Waals surface area contributed by atoms with Crippen LogP contribution in [0, 0.1) is 4.77 Å². The molecule has 0 aliphatic rings. The van der Waals surface area contributed by atoms with Crippen LogP contribution in [0.15, 0.2) is 58.2 Å². The van der Waals surface area contributed by atoms with E-state index in [1.807, 2.05) is 0 Å². The van der Waals surface area contributed by atoms with E-state index in [2.05, 4.69) is 15.2 Å². The van der Waals surface area contributed by atoms with Crippen molar-refractivity contribution in [2.24, 2.45) is 0 Å². The molecule has 2 aromatic carbocycles. The van der Waals surface area contributed by atoms with Crippen molar-refractivity contribution in [1.29, 1.82) is 0 Å². The minimum absolute atomic E-state index is 0.0556. The highest BCUT2D eigenvalue weighted by Gasteiger charge is 2.36. The van der Waals surface area contributed by atoms with Gasteiger partial charge in [-0.2, -0.15) is 5.90 Å². The van der Waals surface area contributed by atoms with Gasteiger partial charge >= 0.3 is 10.5 Å². The Bertz CT molecular complexity index is 1040. The third-order valence-corrected chi connectivity index (χ3v) is 4.79. The fraction of sp³-hybridized carbons (Fsp3) is 0. The van der Waals surface area contributed by atoms with Gasteiger partial charge in [0.1, 0.15) is 0 Å². The van der Waals surface area contributed by atoms with E-state index in [9.17, 15) is 13.6 Å². The quantitative estimate of drug-likeness (QED) is 0.422. The predicted octanol–water partition coefficient (Wildman–Crippen LogP) is 1.34. The first kappa shape index (κ1) is 15.7. The number of hydrogen-bond donors (Lipinski definition) is 2. The molecule has 1 atom stereocenters. The van der Waals surface area contributed by atoms with Crippen molar-refractivity contribution in [1.82, 2.24) is 9.55 Å². The highest BCUT2D eigenvalue weighted by atomic mass is 32.3. The fourth-order valence-corrected chi connectivity index (χ4v) is 3.13. The largest absolute Gasteiger partial charge is 0.482 e. The Morgan fingerprint density at radius 3 is 2.43 bits per heavy atom. The van der Waals surface area contributed by atoms with Gasteiger partial charge in [-0.3, -0.25) is 9.36 Å². The maximum absolute atomic E-state index is 12.6. The summed E-state index contributed by atoms with van der Waals surface area (Å²) in [6.07, 6.45) is 0. The number of fused-ring (bicyclic) bond motifs is 1. The van der Waals surface area contributed by atoms with Gasteiger partial charge in [-0.1, -0.05) is 12.1 Å². The summed E-state index contributed by atoms with van der Waals surface area (Å²) < 4.78 is 28.9. The van der Waals surface area contributed by atoms with Crippen LogP contribution in [0.4, 0.5) is 0 Å². The third-order valence-electron chi connectivity index (χ3n) is 3.34. The minimum atomic E-state index is -3.88. The standard InChI is InChI=1S/C14H11N3O4S2/c15-21-23(19,20)10-7-5-9(6-8-10)17-13(18)11-3-1-2-4-12(11)16-14(17)22/h1-8H,15H3/q+1/p+1.